The van der Waals surface area contributed by atoms with E-state index in [2.05, 4.69) is 41.0 Å². The van der Waals surface area contributed by atoms with Crippen molar-refractivity contribution in [3.8, 4) is 5.75 Å². The van der Waals surface area contributed by atoms with Crippen LogP contribution in [0.15, 0.2) is 54.6 Å². The third-order valence-electron chi connectivity index (χ3n) is 7.25. The number of hydrogen-bond donors (Lipinski definition) is 2. The van der Waals surface area contributed by atoms with Gasteiger partial charge in [-0.05, 0) is 54.6 Å². The van der Waals surface area contributed by atoms with Crippen molar-refractivity contribution in [2.45, 2.75) is 58.1 Å². The Morgan fingerprint density at radius 3 is 2.19 bits per heavy atom. The average molecular weight is 519 g/mol. The van der Waals surface area contributed by atoms with Gasteiger partial charge in [0.15, 0.2) is 0 Å². The second kappa shape index (κ2) is 11.3. The lowest BCUT2D eigenvalue weighted by Gasteiger charge is -2.49. The van der Waals surface area contributed by atoms with E-state index in [1.807, 2.05) is 35.2 Å². The van der Waals surface area contributed by atoms with Gasteiger partial charge < -0.3 is 20.3 Å². The molecule has 2 aliphatic rings. The molecule has 2 heterocycles. The van der Waals surface area contributed by atoms with E-state index in [1.54, 1.807) is 12.1 Å². The van der Waals surface area contributed by atoms with Crippen LogP contribution in [-0.2, 0) is 0 Å². The fourth-order valence-electron chi connectivity index (χ4n) is 5.35. The molecule has 0 spiro atoms. The minimum atomic E-state index is -4.73. The van der Waals surface area contributed by atoms with Crippen molar-refractivity contribution < 1.29 is 22.7 Å². The Morgan fingerprint density at radius 2 is 1.59 bits per heavy atom. The molecule has 0 aliphatic carbocycles. The van der Waals surface area contributed by atoms with E-state index in [9.17, 15) is 18.0 Å². The number of benzene rings is 2. The minimum absolute atomic E-state index is 0.0172. The number of piperazine rings is 1. The third kappa shape index (κ3) is 7.17. The molecule has 4 rings (SSSR count). The van der Waals surface area contributed by atoms with Crippen LogP contribution in [0.5, 0.6) is 5.75 Å². The summed E-state index contributed by atoms with van der Waals surface area (Å²) in [5.74, 6) is -0.241. The highest BCUT2D eigenvalue weighted by atomic mass is 19.4. The number of nitrogens with zero attached hydrogens (tertiary/aromatic N) is 2. The quantitative estimate of drug-likeness (QED) is 0.574. The van der Waals surface area contributed by atoms with Crippen molar-refractivity contribution in [3.63, 3.8) is 0 Å². The number of nitrogens with one attached hydrogen (secondary N) is 2. The number of carbonyl (C=O) groups excluding carboxylic acids is 1. The molecule has 1 unspecified atom stereocenters. The normalized spacial score (nSPS) is 20.9. The zero-order chi connectivity index (χ0) is 26.6. The van der Waals surface area contributed by atoms with Gasteiger partial charge in [0, 0.05) is 25.7 Å². The average Bonchev–Trinajstić information content (AvgIpc) is 2.85. The van der Waals surface area contributed by atoms with Crippen LogP contribution in [0.1, 0.15) is 50.8 Å². The van der Waals surface area contributed by atoms with Gasteiger partial charge in [-0.2, -0.15) is 0 Å². The molecule has 2 N–H and O–H groups in total. The molecule has 2 amide bonds. The number of ether oxygens (including phenoxy) is 1. The van der Waals surface area contributed by atoms with Crippen LogP contribution in [0, 0.1) is 5.41 Å². The Morgan fingerprint density at radius 1 is 0.973 bits per heavy atom. The molecule has 9 heteroatoms. The predicted octanol–water partition coefficient (Wildman–Crippen LogP) is 5.17. The Balaban J connectivity index is 1.57. The van der Waals surface area contributed by atoms with Gasteiger partial charge in [0.05, 0.1) is 12.1 Å². The van der Waals surface area contributed by atoms with Gasteiger partial charge in [-0.25, -0.2) is 4.79 Å². The first-order chi connectivity index (χ1) is 17.5. The van der Waals surface area contributed by atoms with Gasteiger partial charge in [0.1, 0.15) is 5.75 Å². The number of rotatable bonds is 5. The number of urea groups is 1. The lowest BCUT2D eigenvalue weighted by molar-refractivity contribution is -0.274. The van der Waals surface area contributed by atoms with Gasteiger partial charge in [0.25, 0.3) is 0 Å². The fraction of sp³-hybridized carbons (Fsp3) is 0.536. The van der Waals surface area contributed by atoms with Gasteiger partial charge in [-0.3, -0.25) is 4.90 Å². The summed E-state index contributed by atoms with van der Waals surface area (Å²) >= 11 is 0. The van der Waals surface area contributed by atoms with Crippen molar-refractivity contribution >= 4 is 6.03 Å². The highest BCUT2D eigenvalue weighted by Crippen LogP contribution is 2.36. The van der Waals surface area contributed by atoms with E-state index in [0.717, 1.165) is 37.1 Å². The van der Waals surface area contributed by atoms with Crippen LogP contribution in [0.25, 0.3) is 0 Å². The summed E-state index contributed by atoms with van der Waals surface area (Å²) in [4.78, 5) is 17.7. The van der Waals surface area contributed by atoms with Crippen molar-refractivity contribution in [2.75, 3.05) is 32.7 Å². The Bertz CT molecular complexity index is 1020. The van der Waals surface area contributed by atoms with Crippen molar-refractivity contribution in [1.29, 1.82) is 0 Å². The van der Waals surface area contributed by atoms with Crippen LogP contribution >= 0.6 is 0 Å². The van der Waals surface area contributed by atoms with E-state index in [-0.39, 0.29) is 35.3 Å². The van der Waals surface area contributed by atoms with Crippen molar-refractivity contribution in [1.82, 2.24) is 20.4 Å². The van der Waals surface area contributed by atoms with Crippen molar-refractivity contribution in [2.24, 2.45) is 5.41 Å². The summed E-state index contributed by atoms with van der Waals surface area (Å²) < 4.78 is 42.2. The highest BCUT2D eigenvalue weighted by Gasteiger charge is 2.41. The minimum Gasteiger partial charge on any atom is -0.406 e. The molecule has 2 aromatic rings. The van der Waals surface area contributed by atoms with Crippen molar-refractivity contribution in [3.05, 3.63) is 65.7 Å². The maximum atomic E-state index is 13.4. The molecule has 37 heavy (non-hydrogen) atoms. The van der Waals surface area contributed by atoms with Gasteiger partial charge in [-0.15, -0.1) is 13.2 Å². The largest absolute Gasteiger partial charge is 0.573 e. The molecule has 0 aromatic heterocycles. The standard InChI is InChI=1S/C28H37F3N4O2/c1-27(2,3)24-19-34(17-18-35(24)26(36)33-22-13-15-32-16-14-22)25(20-7-5-4-6-8-20)21-9-11-23(12-10-21)37-28(29,30)31/h4-12,22,24-25,32H,13-19H2,1-3H3,(H,33,36)/t24-,25?/m1/s1. The Kier molecular flexibility index (Phi) is 8.33. The van der Waals surface area contributed by atoms with Crippen LogP contribution in [-0.4, -0.2) is 67.0 Å². The second-order valence-corrected chi connectivity index (χ2v) is 11.0. The number of alkyl halides is 3. The SMILES string of the molecule is CC(C)(C)[C@H]1CN(C(c2ccccc2)c2ccc(OC(F)(F)F)cc2)CCN1C(=O)NC1CCNCC1. The zero-order valence-electron chi connectivity index (χ0n) is 21.7. The topological polar surface area (TPSA) is 56.8 Å². The molecule has 0 saturated carbocycles. The third-order valence-corrected chi connectivity index (χ3v) is 7.25. The summed E-state index contributed by atoms with van der Waals surface area (Å²) in [6, 6.07) is 16.0. The summed E-state index contributed by atoms with van der Waals surface area (Å²) in [7, 11) is 0. The first-order valence-electron chi connectivity index (χ1n) is 12.9. The molecular weight excluding hydrogens is 481 g/mol. The number of carbonyl (C=O) groups is 1. The predicted molar refractivity (Wildman–Crippen MR) is 137 cm³/mol. The lowest BCUT2D eigenvalue weighted by Crippen LogP contribution is -2.63. The lowest BCUT2D eigenvalue weighted by atomic mass is 9.83. The summed E-state index contributed by atoms with van der Waals surface area (Å²) in [5.41, 5.74) is 1.75. The first kappa shape index (κ1) is 27.3. The smallest absolute Gasteiger partial charge is 0.406 e. The maximum absolute atomic E-state index is 13.4. The van der Waals surface area contributed by atoms with E-state index in [4.69, 9.17) is 0 Å². The van der Waals surface area contributed by atoms with E-state index in [1.165, 1.54) is 12.1 Å². The monoisotopic (exact) mass is 518 g/mol. The maximum Gasteiger partial charge on any atom is 0.573 e. The molecule has 0 radical (unpaired) electrons. The van der Waals surface area contributed by atoms with Gasteiger partial charge in [-0.1, -0.05) is 63.2 Å². The van der Waals surface area contributed by atoms with E-state index >= 15 is 0 Å². The molecular formula is C28H37F3N4O2. The highest BCUT2D eigenvalue weighted by molar-refractivity contribution is 5.75. The number of halogens is 3. The van der Waals surface area contributed by atoms with E-state index < -0.39 is 6.36 Å². The van der Waals surface area contributed by atoms with Crippen LogP contribution in [0.3, 0.4) is 0 Å². The molecule has 2 fully saturated rings. The molecule has 0 bridgehead atoms. The van der Waals surface area contributed by atoms with Crippen LogP contribution in [0.2, 0.25) is 0 Å². The molecule has 2 saturated heterocycles. The number of amides is 2. The Labute approximate surface area is 217 Å². The molecule has 6 nitrogen and oxygen atoms in total. The summed E-state index contributed by atoms with van der Waals surface area (Å²) in [5, 5.41) is 6.57. The molecule has 2 atom stereocenters. The molecule has 2 aromatic carbocycles. The Hall–Kier alpha value is -2.78. The van der Waals surface area contributed by atoms with Crippen LogP contribution < -0.4 is 15.4 Å². The van der Waals surface area contributed by atoms with Gasteiger partial charge >= 0.3 is 12.4 Å². The first-order valence-corrected chi connectivity index (χ1v) is 12.9. The molecule has 2 aliphatic heterocycles. The zero-order valence-corrected chi connectivity index (χ0v) is 21.7. The second-order valence-electron chi connectivity index (χ2n) is 11.0. The summed E-state index contributed by atoms with van der Waals surface area (Å²) in [6.07, 6.45) is -2.88. The number of hydrogen-bond acceptors (Lipinski definition) is 4. The van der Waals surface area contributed by atoms with Crippen LogP contribution in [0.4, 0.5) is 18.0 Å². The summed E-state index contributed by atoms with van der Waals surface area (Å²) in [6.45, 7) is 10.1. The number of piperidine rings is 1. The van der Waals surface area contributed by atoms with Gasteiger partial charge in [0.2, 0.25) is 0 Å². The fourth-order valence-corrected chi connectivity index (χ4v) is 5.35. The molecule has 202 valence electrons. The van der Waals surface area contributed by atoms with E-state index in [0.29, 0.717) is 19.6 Å².